The van der Waals surface area contributed by atoms with Crippen LogP contribution >= 0.6 is 0 Å². The number of para-hydroxylation sites is 1. The lowest BCUT2D eigenvalue weighted by molar-refractivity contribution is -0.116. The molecule has 0 fully saturated rings. The van der Waals surface area contributed by atoms with Gasteiger partial charge in [-0.05, 0) is 53.2 Å². The number of rotatable bonds is 7. The third kappa shape index (κ3) is 4.96. The second-order valence-corrected chi connectivity index (χ2v) is 9.81. The van der Waals surface area contributed by atoms with Crippen molar-refractivity contribution < 1.29 is 17.6 Å². The van der Waals surface area contributed by atoms with E-state index in [1.165, 1.54) is 36.5 Å². The Labute approximate surface area is 206 Å². The molecule has 180 valence electrons. The van der Waals surface area contributed by atoms with Crippen LogP contribution in [0.4, 0.5) is 10.1 Å². The summed E-state index contributed by atoms with van der Waals surface area (Å²) in [5.41, 5.74) is 1.91. The van der Waals surface area contributed by atoms with E-state index >= 15 is 0 Å². The molecule has 0 aliphatic rings. The average molecular weight is 501 g/mol. The van der Waals surface area contributed by atoms with E-state index in [0.717, 1.165) is 21.7 Å². The van der Waals surface area contributed by atoms with E-state index in [9.17, 15) is 17.6 Å². The van der Waals surface area contributed by atoms with Crippen molar-refractivity contribution in [2.45, 2.75) is 11.4 Å². The molecule has 9 heteroatoms. The molecule has 2 N–H and O–H groups in total. The molecule has 0 unspecified atom stereocenters. The van der Waals surface area contributed by atoms with Gasteiger partial charge in [-0.15, -0.1) is 0 Å². The first-order chi connectivity index (χ1) is 17.4. The van der Waals surface area contributed by atoms with Crippen LogP contribution in [-0.2, 0) is 21.4 Å². The molecule has 4 aromatic carbocycles. The smallest absolute Gasteiger partial charge is 0.276 e. The van der Waals surface area contributed by atoms with Crippen molar-refractivity contribution in [1.29, 1.82) is 0 Å². The Morgan fingerprint density at radius 3 is 2.44 bits per heavy atom. The molecule has 0 atom stereocenters. The quantitative estimate of drug-likeness (QED) is 0.246. The normalized spacial score (nSPS) is 11.8. The maximum atomic E-state index is 13.1. The Morgan fingerprint density at radius 2 is 1.64 bits per heavy atom. The molecule has 7 nitrogen and oxygen atoms in total. The summed E-state index contributed by atoms with van der Waals surface area (Å²) < 4.78 is 40.4. The number of carbonyl (C=O) groups excluding carboxylic acids is 1. The number of nitrogens with one attached hydrogen (secondary N) is 2. The number of hydrogen-bond acceptors (Lipinski definition) is 4. The number of benzene rings is 4. The number of halogens is 1. The number of hydrazone groups is 1. The van der Waals surface area contributed by atoms with E-state index in [1.807, 2.05) is 48.5 Å². The van der Waals surface area contributed by atoms with Gasteiger partial charge in [-0.1, -0.05) is 48.5 Å². The molecular formula is C27H21FN4O3S. The molecule has 0 aliphatic carbocycles. The number of carbonyl (C=O) groups is 1. The monoisotopic (exact) mass is 500 g/mol. The van der Waals surface area contributed by atoms with E-state index < -0.39 is 10.0 Å². The molecule has 1 aromatic heterocycles. The Morgan fingerprint density at radius 1 is 0.917 bits per heavy atom. The number of anilines is 1. The van der Waals surface area contributed by atoms with Gasteiger partial charge in [0.15, 0.2) is 0 Å². The highest BCUT2D eigenvalue weighted by atomic mass is 32.2. The van der Waals surface area contributed by atoms with Crippen molar-refractivity contribution in [3.05, 3.63) is 109 Å². The Hall–Kier alpha value is -4.50. The predicted octanol–water partition coefficient (Wildman–Crippen LogP) is 4.88. The van der Waals surface area contributed by atoms with E-state index in [-0.39, 0.29) is 23.2 Å². The van der Waals surface area contributed by atoms with Gasteiger partial charge in [0, 0.05) is 28.4 Å². The van der Waals surface area contributed by atoms with Crippen LogP contribution in [-0.4, -0.2) is 25.1 Å². The van der Waals surface area contributed by atoms with Gasteiger partial charge in [-0.3, -0.25) is 4.79 Å². The van der Waals surface area contributed by atoms with E-state index in [0.29, 0.717) is 11.3 Å². The van der Waals surface area contributed by atoms with Crippen molar-refractivity contribution >= 4 is 49.5 Å². The fourth-order valence-corrected chi connectivity index (χ4v) is 4.78. The van der Waals surface area contributed by atoms with Crippen molar-refractivity contribution in [3.63, 3.8) is 0 Å². The van der Waals surface area contributed by atoms with E-state index in [4.69, 9.17) is 0 Å². The second-order valence-electron chi connectivity index (χ2n) is 8.15. The van der Waals surface area contributed by atoms with Gasteiger partial charge < -0.3 is 9.88 Å². The zero-order chi connectivity index (χ0) is 25.1. The minimum absolute atomic E-state index is 0.00848. The molecule has 5 rings (SSSR count). The lowest BCUT2D eigenvalue weighted by Gasteiger charge is -2.07. The number of aromatic nitrogens is 1. The van der Waals surface area contributed by atoms with Crippen LogP contribution in [0.5, 0.6) is 0 Å². The minimum Gasteiger partial charge on any atom is -0.337 e. The highest BCUT2D eigenvalue weighted by Crippen LogP contribution is 2.21. The number of nitrogens with zero attached hydrogens (tertiary/aromatic N) is 2. The van der Waals surface area contributed by atoms with Gasteiger partial charge in [-0.25, -0.2) is 9.22 Å². The largest absolute Gasteiger partial charge is 0.337 e. The maximum Gasteiger partial charge on any atom is 0.276 e. The van der Waals surface area contributed by atoms with Gasteiger partial charge >= 0.3 is 0 Å². The topological polar surface area (TPSA) is 92.6 Å². The lowest BCUT2D eigenvalue weighted by atomic mass is 10.1. The zero-order valence-corrected chi connectivity index (χ0v) is 19.7. The summed E-state index contributed by atoms with van der Waals surface area (Å²) in [5, 5.41) is 9.27. The molecular weight excluding hydrogens is 479 g/mol. The maximum absolute atomic E-state index is 13.1. The van der Waals surface area contributed by atoms with E-state index in [2.05, 4.69) is 15.2 Å². The summed E-state index contributed by atoms with van der Waals surface area (Å²) in [4.78, 5) is 14.9. The predicted molar refractivity (Wildman–Crippen MR) is 139 cm³/mol. The van der Waals surface area contributed by atoms with Crippen LogP contribution in [0, 0.1) is 5.82 Å². The number of amides is 1. The number of fused-ring (bicyclic) bond motifs is 2. The molecule has 0 bridgehead atoms. The van der Waals surface area contributed by atoms with Crippen LogP contribution in [0.1, 0.15) is 5.56 Å². The average Bonchev–Trinajstić information content (AvgIpc) is 3.22. The number of hydrogen-bond donors (Lipinski definition) is 2. The Kier molecular flexibility index (Phi) is 6.22. The van der Waals surface area contributed by atoms with E-state index in [1.54, 1.807) is 22.9 Å². The van der Waals surface area contributed by atoms with Crippen LogP contribution in [0.25, 0.3) is 21.7 Å². The molecule has 0 radical (unpaired) electrons. The molecule has 0 aliphatic heterocycles. The summed E-state index contributed by atoms with van der Waals surface area (Å²) in [6, 6.07) is 25.3. The first-order valence-corrected chi connectivity index (χ1v) is 12.5. The van der Waals surface area contributed by atoms with Crippen LogP contribution < -0.4 is 10.1 Å². The first-order valence-electron chi connectivity index (χ1n) is 11.1. The zero-order valence-electron chi connectivity index (χ0n) is 18.9. The highest BCUT2D eigenvalue weighted by molar-refractivity contribution is 7.89. The van der Waals surface area contributed by atoms with Crippen LogP contribution in [0.2, 0.25) is 0 Å². The Bertz CT molecular complexity index is 1710. The molecule has 1 amide bonds. The van der Waals surface area contributed by atoms with Crippen molar-refractivity contribution in [2.75, 3.05) is 5.32 Å². The summed E-state index contributed by atoms with van der Waals surface area (Å²) in [6.07, 6.45) is 3.14. The molecule has 0 saturated heterocycles. The van der Waals surface area contributed by atoms with Crippen molar-refractivity contribution in [3.8, 4) is 0 Å². The van der Waals surface area contributed by atoms with Crippen molar-refractivity contribution in [1.82, 2.24) is 9.40 Å². The van der Waals surface area contributed by atoms with Gasteiger partial charge in [0.05, 0.1) is 11.1 Å². The van der Waals surface area contributed by atoms with Crippen molar-refractivity contribution in [2.24, 2.45) is 5.10 Å². The third-order valence-electron chi connectivity index (χ3n) is 5.67. The lowest BCUT2D eigenvalue weighted by Crippen LogP contribution is -2.18. The molecule has 0 saturated carbocycles. The fourth-order valence-electron chi connectivity index (χ4n) is 3.95. The fraction of sp³-hybridized carbons (Fsp3) is 0.0370. The summed E-state index contributed by atoms with van der Waals surface area (Å²) in [7, 11) is -3.87. The van der Waals surface area contributed by atoms with Crippen LogP contribution in [0.15, 0.2) is 107 Å². The summed E-state index contributed by atoms with van der Waals surface area (Å²) in [6.45, 7) is 0.00848. The van der Waals surface area contributed by atoms with Gasteiger partial charge in [0.2, 0.25) is 5.91 Å². The molecule has 5 aromatic rings. The Balaban J connectivity index is 1.35. The van der Waals surface area contributed by atoms with Gasteiger partial charge in [0.25, 0.3) is 10.0 Å². The SMILES string of the molecule is O=C(Cn1cc(/C=N\NS(=O)(=O)c2ccc3ccccc3c2)c2ccccc21)Nc1ccc(F)cc1. The molecule has 36 heavy (non-hydrogen) atoms. The highest BCUT2D eigenvalue weighted by Gasteiger charge is 2.14. The number of sulfonamides is 1. The molecule has 1 heterocycles. The third-order valence-corrected chi connectivity index (χ3v) is 6.89. The minimum atomic E-state index is -3.87. The van der Waals surface area contributed by atoms with Crippen LogP contribution in [0.3, 0.4) is 0 Å². The van der Waals surface area contributed by atoms with Gasteiger partial charge in [-0.2, -0.15) is 13.5 Å². The van der Waals surface area contributed by atoms with Gasteiger partial charge in [0.1, 0.15) is 12.4 Å². The second kappa shape index (κ2) is 9.63. The summed E-state index contributed by atoms with van der Waals surface area (Å²) >= 11 is 0. The first kappa shape index (κ1) is 23.3. The summed E-state index contributed by atoms with van der Waals surface area (Å²) in [5.74, 6) is -0.674. The standard InChI is InChI=1S/C27H21FN4O3S/c28-22-10-12-23(13-11-22)30-27(33)18-32-17-21(25-7-3-4-8-26(25)32)16-29-31-36(34,35)24-14-9-19-5-1-2-6-20(19)15-24/h1-17,31H,18H2,(H,30,33)/b29-16-. The molecule has 0 spiro atoms.